The highest BCUT2D eigenvalue weighted by molar-refractivity contribution is 9.09. The molecule has 1 aromatic rings. The second kappa shape index (κ2) is 5.76. The first-order chi connectivity index (χ1) is 8.20. The van der Waals surface area contributed by atoms with Crippen LogP contribution in [0.15, 0.2) is 18.2 Å². The molecule has 1 heterocycles. The molecule has 1 unspecified atom stereocenters. The molecule has 1 aliphatic rings. The lowest BCUT2D eigenvalue weighted by Crippen LogP contribution is -2.16. The lowest BCUT2D eigenvalue weighted by molar-refractivity contribution is 0.171. The van der Waals surface area contributed by atoms with Crippen molar-refractivity contribution in [1.29, 1.82) is 0 Å². The van der Waals surface area contributed by atoms with Crippen molar-refractivity contribution in [3.63, 3.8) is 0 Å². The number of benzene rings is 1. The Balaban J connectivity index is 2.19. The van der Waals surface area contributed by atoms with Crippen molar-refractivity contribution in [2.45, 2.75) is 26.2 Å². The fourth-order valence-electron chi connectivity index (χ4n) is 2.17. The van der Waals surface area contributed by atoms with Gasteiger partial charge in [-0.05, 0) is 36.0 Å². The normalized spacial score (nSPS) is 16.0. The smallest absolute Gasteiger partial charge is 0.161 e. The highest BCUT2D eigenvalue weighted by Gasteiger charge is 2.17. The molecule has 1 atom stereocenters. The Bertz CT molecular complexity index is 376. The number of ether oxygens (including phenoxy) is 2. The average Bonchev–Trinajstić information content (AvgIpc) is 2.35. The maximum absolute atomic E-state index is 5.62. The van der Waals surface area contributed by atoms with Gasteiger partial charge in [0.15, 0.2) is 11.5 Å². The van der Waals surface area contributed by atoms with Crippen LogP contribution in [0.25, 0.3) is 0 Å². The molecule has 0 N–H and O–H groups in total. The molecule has 2 nitrogen and oxygen atoms in total. The van der Waals surface area contributed by atoms with Gasteiger partial charge in [0.2, 0.25) is 0 Å². The molecule has 0 spiro atoms. The molecule has 17 heavy (non-hydrogen) atoms. The van der Waals surface area contributed by atoms with Gasteiger partial charge in [-0.3, -0.25) is 0 Å². The van der Waals surface area contributed by atoms with Crippen LogP contribution in [0.2, 0.25) is 0 Å². The number of hydrogen-bond acceptors (Lipinski definition) is 2. The van der Waals surface area contributed by atoms with Crippen LogP contribution < -0.4 is 9.47 Å². The Morgan fingerprint density at radius 1 is 1.18 bits per heavy atom. The summed E-state index contributed by atoms with van der Waals surface area (Å²) in [5, 5.41) is 0.991. The van der Waals surface area contributed by atoms with Gasteiger partial charge < -0.3 is 9.47 Å². The van der Waals surface area contributed by atoms with Crippen LogP contribution in [0, 0.1) is 5.92 Å². The Hall–Kier alpha value is -0.700. The van der Waals surface area contributed by atoms with E-state index in [1.54, 1.807) is 0 Å². The molecule has 0 fully saturated rings. The molecule has 2 rings (SSSR count). The first-order valence-electron chi connectivity index (χ1n) is 6.16. The van der Waals surface area contributed by atoms with Gasteiger partial charge in [-0.1, -0.05) is 35.8 Å². The molecule has 0 bridgehead atoms. The number of alkyl halides is 1. The van der Waals surface area contributed by atoms with Crippen molar-refractivity contribution in [3.8, 4) is 11.5 Å². The van der Waals surface area contributed by atoms with Crippen molar-refractivity contribution in [1.82, 2.24) is 0 Å². The summed E-state index contributed by atoms with van der Waals surface area (Å²) >= 11 is 3.61. The summed E-state index contributed by atoms with van der Waals surface area (Å²) < 4.78 is 11.2. The summed E-state index contributed by atoms with van der Waals surface area (Å²) in [5.74, 6) is 3.01. The van der Waals surface area contributed by atoms with E-state index in [2.05, 4.69) is 41.9 Å². The zero-order valence-corrected chi connectivity index (χ0v) is 12.0. The van der Waals surface area contributed by atoms with E-state index in [0.29, 0.717) is 25.0 Å². The molecule has 0 saturated carbocycles. The predicted octanol–water partition coefficient (Wildman–Crippen LogP) is 3.98. The standard InChI is InChI=1S/C14H19BrO2/c1-10(2)7-12(9-15)11-3-4-13-14(8-11)17-6-5-16-13/h3-4,8,10,12H,5-7,9H2,1-2H3. The molecule has 0 amide bonds. The minimum atomic E-state index is 0.547. The SMILES string of the molecule is CC(C)CC(CBr)c1ccc2c(c1)OCCO2. The molecule has 0 aliphatic carbocycles. The highest BCUT2D eigenvalue weighted by atomic mass is 79.9. The van der Waals surface area contributed by atoms with Crippen LogP contribution in [0.3, 0.4) is 0 Å². The van der Waals surface area contributed by atoms with Crippen molar-refractivity contribution in [2.75, 3.05) is 18.5 Å². The number of fused-ring (bicyclic) bond motifs is 1. The maximum Gasteiger partial charge on any atom is 0.161 e. The van der Waals surface area contributed by atoms with Crippen LogP contribution in [0.5, 0.6) is 11.5 Å². The van der Waals surface area contributed by atoms with E-state index < -0.39 is 0 Å². The lowest BCUT2D eigenvalue weighted by Gasteiger charge is -2.22. The van der Waals surface area contributed by atoms with Crippen LogP contribution in [0.4, 0.5) is 0 Å². The summed E-state index contributed by atoms with van der Waals surface area (Å²) in [6.07, 6.45) is 1.19. The van der Waals surface area contributed by atoms with Crippen molar-refractivity contribution in [2.24, 2.45) is 5.92 Å². The Kier molecular flexibility index (Phi) is 4.32. The zero-order chi connectivity index (χ0) is 12.3. The predicted molar refractivity (Wildman–Crippen MR) is 73.4 cm³/mol. The largest absolute Gasteiger partial charge is 0.486 e. The van der Waals surface area contributed by atoms with Gasteiger partial charge in [-0.25, -0.2) is 0 Å². The van der Waals surface area contributed by atoms with E-state index >= 15 is 0 Å². The van der Waals surface area contributed by atoms with Gasteiger partial charge >= 0.3 is 0 Å². The topological polar surface area (TPSA) is 18.5 Å². The molecular weight excluding hydrogens is 280 g/mol. The van der Waals surface area contributed by atoms with Gasteiger partial charge in [0.05, 0.1) is 0 Å². The van der Waals surface area contributed by atoms with E-state index in [4.69, 9.17) is 9.47 Å². The van der Waals surface area contributed by atoms with Crippen LogP contribution in [-0.2, 0) is 0 Å². The first-order valence-corrected chi connectivity index (χ1v) is 7.28. The monoisotopic (exact) mass is 298 g/mol. The first kappa shape index (κ1) is 12.7. The van der Waals surface area contributed by atoms with Crippen molar-refractivity contribution < 1.29 is 9.47 Å². The van der Waals surface area contributed by atoms with Crippen molar-refractivity contribution in [3.05, 3.63) is 23.8 Å². The fourth-order valence-corrected chi connectivity index (χ4v) is 2.81. The average molecular weight is 299 g/mol. The van der Waals surface area contributed by atoms with Gasteiger partial charge in [0.1, 0.15) is 13.2 Å². The van der Waals surface area contributed by atoms with Gasteiger partial charge in [0, 0.05) is 5.33 Å². The Labute approximate surface area is 111 Å². The van der Waals surface area contributed by atoms with Gasteiger partial charge in [0.25, 0.3) is 0 Å². The molecule has 0 radical (unpaired) electrons. The van der Waals surface area contributed by atoms with Crippen LogP contribution in [-0.4, -0.2) is 18.5 Å². The summed E-state index contributed by atoms with van der Waals surface area (Å²) in [7, 11) is 0. The van der Waals surface area contributed by atoms with Gasteiger partial charge in [-0.2, -0.15) is 0 Å². The molecular formula is C14H19BrO2. The quantitative estimate of drug-likeness (QED) is 0.783. The lowest BCUT2D eigenvalue weighted by atomic mass is 9.92. The number of rotatable bonds is 4. The summed E-state index contributed by atoms with van der Waals surface area (Å²) in [5.41, 5.74) is 1.33. The molecule has 1 aromatic carbocycles. The highest BCUT2D eigenvalue weighted by Crippen LogP contribution is 2.35. The summed E-state index contributed by atoms with van der Waals surface area (Å²) in [4.78, 5) is 0. The molecule has 0 aromatic heterocycles. The molecule has 94 valence electrons. The van der Waals surface area contributed by atoms with Crippen molar-refractivity contribution >= 4 is 15.9 Å². The summed E-state index contributed by atoms with van der Waals surface area (Å²) in [6, 6.07) is 6.31. The molecule has 3 heteroatoms. The third kappa shape index (κ3) is 3.15. The number of hydrogen-bond donors (Lipinski definition) is 0. The summed E-state index contributed by atoms with van der Waals surface area (Å²) in [6.45, 7) is 5.82. The molecule has 0 saturated heterocycles. The third-order valence-electron chi connectivity index (χ3n) is 2.98. The maximum atomic E-state index is 5.62. The second-order valence-electron chi connectivity index (χ2n) is 4.88. The van der Waals surface area contributed by atoms with Gasteiger partial charge in [-0.15, -0.1) is 0 Å². The molecule has 1 aliphatic heterocycles. The van der Waals surface area contributed by atoms with Crippen LogP contribution >= 0.6 is 15.9 Å². The van der Waals surface area contributed by atoms with E-state index in [1.165, 1.54) is 12.0 Å². The Morgan fingerprint density at radius 2 is 1.88 bits per heavy atom. The Morgan fingerprint density at radius 3 is 2.53 bits per heavy atom. The minimum Gasteiger partial charge on any atom is -0.486 e. The van der Waals surface area contributed by atoms with Crippen LogP contribution in [0.1, 0.15) is 31.7 Å². The fraction of sp³-hybridized carbons (Fsp3) is 0.571. The third-order valence-corrected chi connectivity index (χ3v) is 3.76. The number of halogens is 1. The van der Waals surface area contributed by atoms with E-state index in [9.17, 15) is 0 Å². The zero-order valence-electron chi connectivity index (χ0n) is 10.4. The van der Waals surface area contributed by atoms with E-state index in [-0.39, 0.29) is 0 Å². The van der Waals surface area contributed by atoms with E-state index in [0.717, 1.165) is 16.8 Å². The van der Waals surface area contributed by atoms with E-state index in [1.807, 2.05) is 6.07 Å². The second-order valence-corrected chi connectivity index (χ2v) is 5.53. The minimum absolute atomic E-state index is 0.547.